The van der Waals surface area contributed by atoms with E-state index in [1.807, 2.05) is 12.1 Å². The Hall–Kier alpha value is -2.46. The van der Waals surface area contributed by atoms with Crippen molar-refractivity contribution >= 4 is 15.9 Å². The Morgan fingerprint density at radius 2 is 1.77 bits per heavy atom. The van der Waals surface area contributed by atoms with E-state index >= 15 is 0 Å². The summed E-state index contributed by atoms with van der Waals surface area (Å²) in [6, 6.07) is 13.0. The van der Waals surface area contributed by atoms with E-state index < -0.39 is 15.6 Å². The van der Waals surface area contributed by atoms with Crippen LogP contribution in [-0.4, -0.2) is 63.2 Å². The number of carbonyl (C=O) groups excluding carboxylic acids is 1. The monoisotopic (exact) mass is 432 g/mol. The molecule has 4 rings (SSSR count). The van der Waals surface area contributed by atoms with E-state index in [1.54, 1.807) is 12.1 Å². The van der Waals surface area contributed by atoms with Gasteiger partial charge in [-0.05, 0) is 30.3 Å². The first-order chi connectivity index (χ1) is 14.4. The van der Waals surface area contributed by atoms with Gasteiger partial charge in [0.25, 0.3) is 5.91 Å². The summed E-state index contributed by atoms with van der Waals surface area (Å²) in [5, 5.41) is 13.8. The number of hydrogen-bond donors (Lipinski definition) is 2. The maximum atomic E-state index is 12.7. The van der Waals surface area contributed by atoms with Crippen LogP contribution in [0.4, 0.5) is 0 Å². The van der Waals surface area contributed by atoms with Gasteiger partial charge in [0.05, 0.1) is 31.3 Å². The number of ether oxygens (including phenoxy) is 2. The average molecular weight is 432 g/mol. The molecule has 0 spiro atoms. The van der Waals surface area contributed by atoms with Crippen LogP contribution in [-0.2, 0) is 20.4 Å². The molecule has 1 unspecified atom stereocenters. The quantitative estimate of drug-likeness (QED) is 0.733. The summed E-state index contributed by atoms with van der Waals surface area (Å²) in [5.74, 6) is 0.223. The third kappa shape index (κ3) is 4.06. The highest BCUT2D eigenvalue weighted by Crippen LogP contribution is 2.36. The molecule has 30 heavy (non-hydrogen) atoms. The molecule has 2 aromatic carbocycles. The molecule has 2 aromatic rings. The minimum absolute atomic E-state index is 0.0278. The average Bonchev–Trinajstić information content (AvgIpc) is 2.78. The number of hydrogen-bond acceptors (Lipinski definition) is 6. The fourth-order valence-corrected chi connectivity index (χ4v) is 5.08. The van der Waals surface area contributed by atoms with Crippen molar-refractivity contribution in [3.05, 3.63) is 59.7 Å². The van der Waals surface area contributed by atoms with Gasteiger partial charge >= 0.3 is 0 Å². The van der Waals surface area contributed by atoms with Crippen LogP contribution in [0.1, 0.15) is 22.3 Å². The van der Waals surface area contributed by atoms with Crippen molar-refractivity contribution in [2.24, 2.45) is 0 Å². The smallest absolute Gasteiger partial charge is 0.251 e. The lowest BCUT2D eigenvalue weighted by atomic mass is 9.88. The number of fused-ring (bicyclic) bond motifs is 1. The summed E-state index contributed by atoms with van der Waals surface area (Å²) in [4.78, 5) is 12.7. The fraction of sp³-hybridized carbons (Fsp3) is 0.381. The van der Waals surface area contributed by atoms with Crippen molar-refractivity contribution in [2.75, 3.05) is 39.5 Å². The molecule has 9 heteroatoms. The van der Waals surface area contributed by atoms with Crippen molar-refractivity contribution in [3.8, 4) is 5.75 Å². The molecule has 0 aliphatic carbocycles. The number of aliphatic hydroxyl groups is 1. The molecule has 0 radical (unpaired) electrons. The largest absolute Gasteiger partial charge is 0.493 e. The molecule has 8 nitrogen and oxygen atoms in total. The van der Waals surface area contributed by atoms with Crippen molar-refractivity contribution < 1.29 is 27.8 Å². The highest BCUT2D eigenvalue weighted by atomic mass is 32.2. The predicted molar refractivity (Wildman–Crippen MR) is 109 cm³/mol. The number of amides is 1. The molecule has 160 valence electrons. The Morgan fingerprint density at radius 1 is 1.07 bits per heavy atom. The van der Waals surface area contributed by atoms with E-state index in [0.29, 0.717) is 56.2 Å². The van der Waals surface area contributed by atoms with Gasteiger partial charge in [-0.15, -0.1) is 0 Å². The van der Waals surface area contributed by atoms with E-state index in [-0.39, 0.29) is 17.3 Å². The molecule has 0 aromatic heterocycles. The van der Waals surface area contributed by atoms with Gasteiger partial charge < -0.3 is 19.9 Å². The number of nitrogens with one attached hydrogen (secondary N) is 1. The normalized spacial score (nSPS) is 22.0. The molecule has 0 saturated carbocycles. The molecule has 1 amide bonds. The zero-order chi connectivity index (χ0) is 21.2. The fourth-order valence-electron chi connectivity index (χ4n) is 3.67. The second-order valence-corrected chi connectivity index (χ2v) is 9.29. The Kier molecular flexibility index (Phi) is 5.79. The lowest BCUT2D eigenvalue weighted by Crippen LogP contribution is -2.44. The van der Waals surface area contributed by atoms with Crippen molar-refractivity contribution in [1.29, 1.82) is 0 Å². The van der Waals surface area contributed by atoms with Crippen LogP contribution in [0.15, 0.2) is 53.4 Å². The first kappa shape index (κ1) is 20.8. The number of morpholine rings is 1. The number of nitrogens with zero attached hydrogens (tertiary/aromatic N) is 1. The molecular formula is C21H24N2O6S. The van der Waals surface area contributed by atoms with Gasteiger partial charge in [-0.1, -0.05) is 18.2 Å². The Balaban J connectivity index is 1.44. The standard InChI is InChI=1S/C21H24N2O6S/c24-20(22-15-21(25)9-12-29-19-4-2-1-3-18(19)21)16-5-7-17(8-6-16)30(26,27)23-10-13-28-14-11-23/h1-8,25H,9-15H2,(H,22,24). The SMILES string of the molecule is O=C(NCC1(O)CCOc2ccccc21)c1ccc(S(=O)(=O)N2CCOCC2)cc1. The molecular weight excluding hydrogens is 408 g/mol. The van der Waals surface area contributed by atoms with Crippen molar-refractivity contribution in [3.63, 3.8) is 0 Å². The molecule has 2 heterocycles. The third-order valence-electron chi connectivity index (χ3n) is 5.43. The van der Waals surface area contributed by atoms with E-state index in [1.165, 1.54) is 28.6 Å². The van der Waals surface area contributed by atoms with E-state index in [2.05, 4.69) is 5.32 Å². The minimum atomic E-state index is -3.61. The number of sulfonamides is 1. The van der Waals surface area contributed by atoms with Crippen LogP contribution in [0, 0.1) is 0 Å². The van der Waals surface area contributed by atoms with Crippen LogP contribution in [0.3, 0.4) is 0 Å². The van der Waals surface area contributed by atoms with Gasteiger partial charge in [0.2, 0.25) is 10.0 Å². The summed E-state index contributed by atoms with van der Waals surface area (Å²) >= 11 is 0. The third-order valence-corrected chi connectivity index (χ3v) is 7.34. The summed E-state index contributed by atoms with van der Waals surface area (Å²) in [6.07, 6.45) is 0.362. The Labute approximate surface area is 175 Å². The van der Waals surface area contributed by atoms with Crippen LogP contribution in [0.25, 0.3) is 0 Å². The highest BCUT2D eigenvalue weighted by Gasteiger charge is 2.36. The molecule has 2 aliphatic heterocycles. The van der Waals surface area contributed by atoms with E-state index in [4.69, 9.17) is 9.47 Å². The number of benzene rings is 2. The van der Waals surface area contributed by atoms with Gasteiger partial charge in [-0.25, -0.2) is 8.42 Å². The number of rotatable bonds is 5. The first-order valence-corrected chi connectivity index (χ1v) is 11.2. The molecule has 0 bridgehead atoms. The van der Waals surface area contributed by atoms with Gasteiger partial charge in [-0.3, -0.25) is 4.79 Å². The van der Waals surface area contributed by atoms with Gasteiger partial charge in [0.15, 0.2) is 0 Å². The molecule has 1 saturated heterocycles. The number of carbonyl (C=O) groups is 1. The van der Waals surface area contributed by atoms with Crippen molar-refractivity contribution in [2.45, 2.75) is 16.9 Å². The second-order valence-electron chi connectivity index (χ2n) is 7.35. The van der Waals surface area contributed by atoms with Crippen molar-refractivity contribution in [1.82, 2.24) is 9.62 Å². The summed E-state index contributed by atoms with van der Waals surface area (Å²) in [6.45, 7) is 1.76. The van der Waals surface area contributed by atoms with Crippen LogP contribution >= 0.6 is 0 Å². The minimum Gasteiger partial charge on any atom is -0.493 e. The summed E-state index contributed by atoms with van der Waals surface area (Å²) in [7, 11) is -3.61. The van der Waals surface area contributed by atoms with E-state index in [0.717, 1.165) is 0 Å². The van der Waals surface area contributed by atoms with Crippen LogP contribution in [0.2, 0.25) is 0 Å². The highest BCUT2D eigenvalue weighted by molar-refractivity contribution is 7.89. The Morgan fingerprint density at radius 3 is 2.50 bits per heavy atom. The van der Waals surface area contributed by atoms with Gasteiger partial charge in [-0.2, -0.15) is 4.31 Å². The summed E-state index contributed by atoms with van der Waals surface area (Å²) < 4.78 is 37.5. The molecule has 1 atom stereocenters. The van der Waals surface area contributed by atoms with Crippen LogP contribution < -0.4 is 10.1 Å². The maximum absolute atomic E-state index is 12.7. The lowest BCUT2D eigenvalue weighted by molar-refractivity contribution is -0.00160. The zero-order valence-corrected chi connectivity index (χ0v) is 17.2. The first-order valence-electron chi connectivity index (χ1n) is 9.81. The molecule has 2 N–H and O–H groups in total. The predicted octanol–water partition coefficient (Wildman–Crippen LogP) is 1.11. The van der Waals surface area contributed by atoms with Gasteiger partial charge in [0, 0.05) is 30.6 Å². The Bertz CT molecular complexity index is 1020. The topological polar surface area (TPSA) is 105 Å². The zero-order valence-electron chi connectivity index (χ0n) is 16.4. The second kappa shape index (κ2) is 8.35. The lowest BCUT2D eigenvalue weighted by Gasteiger charge is -2.34. The summed E-state index contributed by atoms with van der Waals surface area (Å²) in [5.41, 5.74) is -0.257. The number of para-hydroxylation sites is 1. The van der Waals surface area contributed by atoms with Crippen LogP contribution in [0.5, 0.6) is 5.75 Å². The van der Waals surface area contributed by atoms with E-state index in [9.17, 15) is 18.3 Å². The maximum Gasteiger partial charge on any atom is 0.251 e. The molecule has 1 fully saturated rings. The molecule has 2 aliphatic rings. The van der Waals surface area contributed by atoms with Gasteiger partial charge in [0.1, 0.15) is 11.4 Å².